The molecule has 2 aliphatic rings. The molecule has 170 valence electrons. The van der Waals surface area contributed by atoms with E-state index in [4.69, 9.17) is 4.52 Å². The fourth-order valence-corrected chi connectivity index (χ4v) is 5.16. The van der Waals surface area contributed by atoms with Crippen LogP contribution < -0.4 is 5.32 Å². The molecule has 1 aliphatic heterocycles. The van der Waals surface area contributed by atoms with Gasteiger partial charge in [0.25, 0.3) is 0 Å². The Balaban J connectivity index is 1.22. The van der Waals surface area contributed by atoms with Gasteiger partial charge in [0.05, 0.1) is 5.69 Å². The van der Waals surface area contributed by atoms with E-state index in [1.165, 1.54) is 25.7 Å². The first-order valence-electron chi connectivity index (χ1n) is 11.3. The van der Waals surface area contributed by atoms with Gasteiger partial charge in [0, 0.05) is 64.8 Å². The van der Waals surface area contributed by atoms with Crippen molar-refractivity contribution in [2.75, 3.05) is 46.0 Å². The summed E-state index contributed by atoms with van der Waals surface area (Å²) in [4.78, 5) is 9.25. The van der Waals surface area contributed by atoms with Crippen molar-refractivity contribution < 1.29 is 4.52 Å². The van der Waals surface area contributed by atoms with Crippen LogP contribution in [0.25, 0.3) is 0 Å². The Morgan fingerprint density at radius 2 is 2.03 bits per heavy atom. The molecule has 0 radical (unpaired) electrons. The lowest BCUT2D eigenvalue weighted by atomic mass is 10.2. The average Bonchev–Trinajstić information content (AvgIpc) is 3.56. The van der Waals surface area contributed by atoms with Crippen LogP contribution in [0.3, 0.4) is 0 Å². The molecule has 1 saturated heterocycles. The second-order valence-electron chi connectivity index (χ2n) is 8.24. The van der Waals surface area contributed by atoms with Gasteiger partial charge in [-0.05, 0) is 25.5 Å². The molecule has 31 heavy (non-hydrogen) atoms. The highest BCUT2D eigenvalue weighted by Crippen LogP contribution is 2.33. The van der Waals surface area contributed by atoms with Crippen LogP contribution >= 0.6 is 11.8 Å². The van der Waals surface area contributed by atoms with Gasteiger partial charge in [-0.25, -0.2) is 0 Å². The standard InChI is InChI=1S/C21H34N8OS/c1-22-20(28-13-11-27(12-14-28)16-17-9-15-30-26-17)23-10-5-8-19-24-25-21(31-2)29(19)18-6-3-4-7-18/h9,15,18H,3-8,10-14,16H2,1-2H3,(H,22,23). The van der Waals surface area contributed by atoms with Gasteiger partial charge in [-0.15, -0.1) is 10.2 Å². The molecule has 1 N–H and O–H groups in total. The molecule has 10 heteroatoms. The number of piperazine rings is 1. The second-order valence-corrected chi connectivity index (χ2v) is 9.02. The van der Waals surface area contributed by atoms with Crippen LogP contribution in [0.5, 0.6) is 0 Å². The Hall–Kier alpha value is -2.07. The third-order valence-electron chi connectivity index (χ3n) is 6.23. The number of nitrogens with zero attached hydrogens (tertiary/aromatic N) is 7. The Labute approximate surface area is 188 Å². The summed E-state index contributed by atoms with van der Waals surface area (Å²) in [6, 6.07) is 2.52. The van der Waals surface area contributed by atoms with E-state index in [9.17, 15) is 0 Å². The first-order valence-corrected chi connectivity index (χ1v) is 12.6. The molecule has 0 atom stereocenters. The monoisotopic (exact) mass is 446 g/mol. The summed E-state index contributed by atoms with van der Waals surface area (Å²) in [5, 5.41) is 17.6. The summed E-state index contributed by atoms with van der Waals surface area (Å²) in [5.41, 5.74) is 0.992. The van der Waals surface area contributed by atoms with E-state index in [0.29, 0.717) is 6.04 Å². The predicted molar refractivity (Wildman–Crippen MR) is 122 cm³/mol. The van der Waals surface area contributed by atoms with Crippen LogP contribution in [0, 0.1) is 0 Å². The first-order chi connectivity index (χ1) is 15.3. The Morgan fingerprint density at radius 1 is 1.23 bits per heavy atom. The molecular formula is C21H34N8OS. The van der Waals surface area contributed by atoms with Crippen LogP contribution in [-0.4, -0.2) is 81.7 Å². The number of nitrogens with one attached hydrogen (secondary N) is 1. The predicted octanol–water partition coefficient (Wildman–Crippen LogP) is 2.43. The molecule has 0 spiro atoms. The van der Waals surface area contributed by atoms with E-state index in [2.05, 4.69) is 46.3 Å². The van der Waals surface area contributed by atoms with Crippen LogP contribution in [0.4, 0.5) is 0 Å². The first kappa shape index (κ1) is 22.1. The van der Waals surface area contributed by atoms with Crippen molar-refractivity contribution in [3.63, 3.8) is 0 Å². The van der Waals surface area contributed by atoms with Crippen molar-refractivity contribution in [1.29, 1.82) is 0 Å². The van der Waals surface area contributed by atoms with E-state index in [-0.39, 0.29) is 0 Å². The van der Waals surface area contributed by atoms with Crippen molar-refractivity contribution in [3.8, 4) is 0 Å². The highest BCUT2D eigenvalue weighted by molar-refractivity contribution is 7.98. The maximum Gasteiger partial charge on any atom is 0.193 e. The second kappa shape index (κ2) is 11.0. The Bertz CT molecular complexity index is 823. The summed E-state index contributed by atoms with van der Waals surface area (Å²) in [6.45, 7) is 5.65. The van der Waals surface area contributed by atoms with Gasteiger partial charge >= 0.3 is 0 Å². The van der Waals surface area contributed by atoms with Crippen LogP contribution in [0.15, 0.2) is 27.0 Å². The van der Waals surface area contributed by atoms with Crippen molar-refractivity contribution in [2.24, 2.45) is 4.99 Å². The SMILES string of the molecule is CN=C(NCCCc1nnc(SC)n1C1CCCC1)N1CCN(Cc2ccon2)CC1. The van der Waals surface area contributed by atoms with E-state index >= 15 is 0 Å². The summed E-state index contributed by atoms with van der Waals surface area (Å²) in [7, 11) is 1.87. The molecule has 0 bridgehead atoms. The molecule has 0 amide bonds. The molecule has 2 aromatic heterocycles. The Morgan fingerprint density at radius 3 is 2.71 bits per heavy atom. The maximum absolute atomic E-state index is 4.94. The Kier molecular flexibility index (Phi) is 7.85. The number of thioether (sulfide) groups is 1. The normalized spacial score (nSPS) is 18.8. The van der Waals surface area contributed by atoms with Crippen molar-refractivity contribution >= 4 is 17.7 Å². The zero-order valence-corrected chi connectivity index (χ0v) is 19.5. The zero-order chi connectivity index (χ0) is 21.5. The third kappa shape index (κ3) is 5.60. The lowest BCUT2D eigenvalue weighted by Crippen LogP contribution is -2.52. The minimum Gasteiger partial charge on any atom is -0.364 e. The number of rotatable bonds is 8. The molecule has 0 unspecified atom stereocenters. The molecule has 1 saturated carbocycles. The van der Waals surface area contributed by atoms with Crippen molar-refractivity contribution in [2.45, 2.75) is 56.3 Å². The smallest absolute Gasteiger partial charge is 0.193 e. The minimum absolute atomic E-state index is 0.585. The van der Waals surface area contributed by atoms with E-state index in [0.717, 1.165) is 74.7 Å². The lowest BCUT2D eigenvalue weighted by molar-refractivity contribution is 0.169. The van der Waals surface area contributed by atoms with Crippen LogP contribution in [0.2, 0.25) is 0 Å². The highest BCUT2D eigenvalue weighted by Gasteiger charge is 2.24. The molecule has 0 aromatic carbocycles. The lowest BCUT2D eigenvalue weighted by Gasteiger charge is -2.36. The van der Waals surface area contributed by atoms with Crippen molar-refractivity contribution in [3.05, 3.63) is 23.8 Å². The molecule has 1 aliphatic carbocycles. The van der Waals surface area contributed by atoms with Crippen LogP contribution in [-0.2, 0) is 13.0 Å². The molecule has 4 rings (SSSR count). The summed E-state index contributed by atoms with van der Waals surface area (Å²) < 4.78 is 7.34. The number of hydrogen-bond donors (Lipinski definition) is 1. The van der Waals surface area contributed by atoms with E-state index < -0.39 is 0 Å². The average molecular weight is 447 g/mol. The van der Waals surface area contributed by atoms with Gasteiger partial charge in [0.1, 0.15) is 12.1 Å². The maximum atomic E-state index is 4.94. The summed E-state index contributed by atoms with van der Waals surface area (Å²) in [5.74, 6) is 2.12. The fourth-order valence-electron chi connectivity index (χ4n) is 4.59. The number of aromatic nitrogens is 4. The highest BCUT2D eigenvalue weighted by atomic mass is 32.2. The largest absolute Gasteiger partial charge is 0.364 e. The molecular weight excluding hydrogens is 412 g/mol. The van der Waals surface area contributed by atoms with Crippen LogP contribution in [0.1, 0.15) is 49.7 Å². The summed E-state index contributed by atoms with van der Waals surface area (Å²) >= 11 is 1.71. The van der Waals surface area contributed by atoms with Gasteiger partial charge in [0.15, 0.2) is 11.1 Å². The fraction of sp³-hybridized carbons (Fsp3) is 0.714. The minimum atomic E-state index is 0.585. The van der Waals surface area contributed by atoms with Gasteiger partial charge in [-0.1, -0.05) is 29.8 Å². The number of hydrogen-bond acceptors (Lipinski definition) is 7. The van der Waals surface area contributed by atoms with E-state index in [1.54, 1.807) is 18.0 Å². The number of aryl methyl sites for hydroxylation is 1. The van der Waals surface area contributed by atoms with Crippen molar-refractivity contribution in [1.82, 2.24) is 35.0 Å². The zero-order valence-electron chi connectivity index (χ0n) is 18.7. The topological polar surface area (TPSA) is 87.6 Å². The number of aliphatic imine (C=N–C) groups is 1. The summed E-state index contributed by atoms with van der Waals surface area (Å²) in [6.07, 6.45) is 10.8. The molecule has 2 aromatic rings. The van der Waals surface area contributed by atoms with E-state index in [1.807, 2.05) is 13.1 Å². The molecule has 9 nitrogen and oxygen atoms in total. The quantitative estimate of drug-likeness (QED) is 0.286. The van der Waals surface area contributed by atoms with Gasteiger partial charge in [0.2, 0.25) is 0 Å². The third-order valence-corrected chi connectivity index (χ3v) is 6.87. The molecule has 2 fully saturated rings. The molecule has 3 heterocycles. The van der Waals surface area contributed by atoms with Gasteiger partial charge in [-0.2, -0.15) is 0 Å². The van der Waals surface area contributed by atoms with Gasteiger partial charge < -0.3 is 19.3 Å². The number of guanidine groups is 1. The van der Waals surface area contributed by atoms with Gasteiger partial charge in [-0.3, -0.25) is 9.89 Å².